The largest absolute Gasteiger partial charge is 0.497 e. The molecule has 4 rings (SSSR count). The minimum atomic E-state index is -0.187. The molecule has 1 atom stereocenters. The Morgan fingerprint density at radius 2 is 1.82 bits per heavy atom. The molecule has 1 saturated carbocycles. The Hall–Kier alpha value is -3.12. The van der Waals surface area contributed by atoms with Crippen molar-refractivity contribution in [2.24, 2.45) is 5.92 Å². The number of hydrogen-bond acceptors (Lipinski definition) is 5. The number of amides is 1. The van der Waals surface area contributed by atoms with E-state index >= 15 is 0 Å². The fraction of sp³-hybridized carbons (Fsp3) is 0.333. The first-order valence-corrected chi connectivity index (χ1v) is 12.2. The van der Waals surface area contributed by atoms with Gasteiger partial charge in [-0.1, -0.05) is 30.3 Å². The lowest BCUT2D eigenvalue weighted by Crippen LogP contribution is -2.22. The Labute approximate surface area is 199 Å². The summed E-state index contributed by atoms with van der Waals surface area (Å²) in [5, 5.41) is 6.16. The monoisotopic (exact) mass is 462 g/mol. The number of rotatable bonds is 11. The molecule has 0 radical (unpaired) electrons. The van der Waals surface area contributed by atoms with E-state index in [1.807, 2.05) is 41.9 Å². The van der Waals surface area contributed by atoms with E-state index in [0.717, 1.165) is 42.2 Å². The van der Waals surface area contributed by atoms with E-state index in [-0.39, 0.29) is 17.2 Å². The summed E-state index contributed by atoms with van der Waals surface area (Å²) >= 11 is 1.68. The lowest BCUT2D eigenvalue weighted by Gasteiger charge is -2.20. The molecule has 0 bridgehead atoms. The van der Waals surface area contributed by atoms with Gasteiger partial charge in [0.15, 0.2) is 0 Å². The number of benzene rings is 2. The summed E-state index contributed by atoms with van der Waals surface area (Å²) in [7, 11) is 3.37. The number of nitrogens with one attached hydrogen (secondary N) is 1. The Morgan fingerprint density at radius 3 is 2.42 bits per heavy atom. The second-order valence-electron chi connectivity index (χ2n) is 8.28. The van der Waals surface area contributed by atoms with Gasteiger partial charge in [0.25, 0.3) is 0 Å². The molecule has 0 aliphatic heterocycles. The van der Waals surface area contributed by atoms with Gasteiger partial charge in [0.2, 0.25) is 5.91 Å². The van der Waals surface area contributed by atoms with Crippen molar-refractivity contribution in [1.29, 1.82) is 0 Å². The Morgan fingerprint density at radius 1 is 1.12 bits per heavy atom. The number of hydrogen-bond donors (Lipinski definition) is 1. The first-order chi connectivity index (χ1) is 16.2. The highest BCUT2D eigenvalue weighted by molar-refractivity contribution is 7.09. The molecule has 1 aliphatic carbocycles. The zero-order valence-electron chi connectivity index (χ0n) is 19.1. The summed E-state index contributed by atoms with van der Waals surface area (Å²) in [5.74, 6) is 1.86. The lowest BCUT2D eigenvalue weighted by molar-refractivity contribution is -0.116. The molecule has 6 heteroatoms. The van der Waals surface area contributed by atoms with Crippen molar-refractivity contribution in [3.8, 4) is 11.5 Å². The SMILES string of the molecule is COc1cccc(C2(c3cccc(OC)c3)C[C@H]2/C=C/C(=O)NCCCCc2nccs2)c1. The van der Waals surface area contributed by atoms with Crippen molar-refractivity contribution in [3.63, 3.8) is 0 Å². The predicted octanol–water partition coefficient (Wildman–Crippen LogP) is 5.16. The molecule has 1 amide bonds. The third-order valence-electron chi connectivity index (χ3n) is 6.26. The fourth-order valence-corrected chi connectivity index (χ4v) is 5.07. The van der Waals surface area contributed by atoms with Gasteiger partial charge in [-0.3, -0.25) is 4.79 Å². The molecule has 1 aliphatic rings. The number of thiazole rings is 1. The maximum absolute atomic E-state index is 12.4. The summed E-state index contributed by atoms with van der Waals surface area (Å²) in [4.78, 5) is 16.7. The van der Waals surface area contributed by atoms with Crippen LogP contribution in [0.25, 0.3) is 0 Å². The van der Waals surface area contributed by atoms with Gasteiger partial charge in [0.1, 0.15) is 11.5 Å². The first kappa shape index (κ1) is 23.1. The van der Waals surface area contributed by atoms with Crippen LogP contribution in [-0.4, -0.2) is 31.7 Å². The van der Waals surface area contributed by atoms with Gasteiger partial charge in [-0.05, 0) is 73.1 Å². The van der Waals surface area contributed by atoms with Gasteiger partial charge in [-0.15, -0.1) is 11.3 Å². The molecular formula is C27H30N2O3S. The first-order valence-electron chi connectivity index (χ1n) is 11.3. The number of aromatic nitrogens is 1. The topological polar surface area (TPSA) is 60.5 Å². The molecule has 33 heavy (non-hydrogen) atoms. The molecular weight excluding hydrogens is 432 g/mol. The summed E-state index contributed by atoms with van der Waals surface area (Å²) in [6.07, 6.45) is 9.44. The van der Waals surface area contributed by atoms with Gasteiger partial charge >= 0.3 is 0 Å². The number of carbonyl (C=O) groups is 1. The fourth-order valence-electron chi connectivity index (χ4n) is 4.40. The highest BCUT2D eigenvalue weighted by Crippen LogP contribution is 2.60. The van der Waals surface area contributed by atoms with E-state index in [0.29, 0.717) is 6.54 Å². The van der Waals surface area contributed by atoms with Crippen LogP contribution in [0, 0.1) is 5.92 Å². The van der Waals surface area contributed by atoms with Crippen molar-refractivity contribution in [3.05, 3.63) is 88.4 Å². The van der Waals surface area contributed by atoms with E-state index < -0.39 is 0 Å². The number of ether oxygens (including phenoxy) is 2. The second-order valence-corrected chi connectivity index (χ2v) is 9.26. The minimum Gasteiger partial charge on any atom is -0.497 e. The molecule has 3 aromatic rings. The summed E-state index contributed by atoms with van der Waals surface area (Å²) in [6, 6.07) is 16.4. The van der Waals surface area contributed by atoms with Gasteiger partial charge in [-0.25, -0.2) is 4.98 Å². The van der Waals surface area contributed by atoms with Gasteiger partial charge in [-0.2, -0.15) is 0 Å². The maximum Gasteiger partial charge on any atom is 0.243 e. The van der Waals surface area contributed by atoms with E-state index in [9.17, 15) is 4.79 Å². The Bertz CT molecular complexity index is 1050. The lowest BCUT2D eigenvalue weighted by atomic mass is 9.85. The van der Waals surface area contributed by atoms with E-state index in [1.165, 1.54) is 11.1 Å². The average molecular weight is 463 g/mol. The molecule has 1 aromatic heterocycles. The predicted molar refractivity (Wildman–Crippen MR) is 132 cm³/mol. The normalized spacial score (nSPS) is 16.5. The van der Waals surface area contributed by atoms with Crippen molar-refractivity contribution < 1.29 is 14.3 Å². The minimum absolute atomic E-state index is 0.0404. The number of aryl methyl sites for hydroxylation is 1. The van der Waals surface area contributed by atoms with Crippen LogP contribution >= 0.6 is 11.3 Å². The van der Waals surface area contributed by atoms with Crippen molar-refractivity contribution in [2.75, 3.05) is 20.8 Å². The van der Waals surface area contributed by atoms with E-state index in [2.05, 4.69) is 34.6 Å². The van der Waals surface area contributed by atoms with Gasteiger partial charge in [0, 0.05) is 23.5 Å². The van der Waals surface area contributed by atoms with Crippen LogP contribution in [0.1, 0.15) is 35.4 Å². The molecule has 0 unspecified atom stereocenters. The van der Waals surface area contributed by atoms with Crippen LogP contribution in [0.3, 0.4) is 0 Å². The smallest absolute Gasteiger partial charge is 0.243 e. The summed E-state index contributed by atoms with van der Waals surface area (Å²) in [5.41, 5.74) is 2.19. The third kappa shape index (κ3) is 5.45. The number of nitrogens with zero attached hydrogens (tertiary/aromatic N) is 1. The van der Waals surface area contributed by atoms with Crippen LogP contribution in [0.15, 0.2) is 72.3 Å². The molecule has 0 saturated heterocycles. The molecule has 1 fully saturated rings. The molecule has 172 valence electrons. The molecule has 1 heterocycles. The molecule has 2 aromatic carbocycles. The number of methoxy groups -OCH3 is 2. The van der Waals surface area contributed by atoms with E-state index in [4.69, 9.17) is 9.47 Å². The van der Waals surface area contributed by atoms with Crippen LogP contribution in [0.5, 0.6) is 11.5 Å². The van der Waals surface area contributed by atoms with Crippen molar-refractivity contribution in [2.45, 2.75) is 31.1 Å². The quantitative estimate of drug-likeness (QED) is 0.316. The summed E-state index contributed by atoms with van der Waals surface area (Å²) < 4.78 is 10.9. The van der Waals surface area contributed by atoms with Crippen LogP contribution in [0.4, 0.5) is 0 Å². The molecule has 5 nitrogen and oxygen atoms in total. The zero-order valence-corrected chi connectivity index (χ0v) is 19.9. The Kier molecular flexibility index (Phi) is 7.45. The number of carbonyl (C=O) groups excluding carboxylic acids is 1. The third-order valence-corrected chi connectivity index (χ3v) is 7.10. The van der Waals surface area contributed by atoms with Crippen LogP contribution in [0.2, 0.25) is 0 Å². The van der Waals surface area contributed by atoms with Crippen molar-refractivity contribution in [1.82, 2.24) is 10.3 Å². The number of unbranched alkanes of at least 4 members (excludes halogenated alkanes) is 1. The van der Waals surface area contributed by atoms with Gasteiger partial charge in [0.05, 0.1) is 19.2 Å². The van der Waals surface area contributed by atoms with Gasteiger partial charge < -0.3 is 14.8 Å². The van der Waals surface area contributed by atoms with Crippen LogP contribution in [-0.2, 0) is 16.6 Å². The number of allylic oxidation sites excluding steroid dienone is 1. The standard InChI is InChI=1S/C27H30N2O3S/c1-31-23-9-5-7-20(17-23)27(21-8-6-10-24(18-21)32-2)19-22(27)12-13-25(30)28-14-4-3-11-26-29-15-16-33-26/h5-10,12-13,15-18,22H,3-4,11,14,19H2,1-2H3,(H,28,30)/b13-12+/t22-/m1/s1. The van der Waals surface area contributed by atoms with Crippen LogP contribution < -0.4 is 14.8 Å². The van der Waals surface area contributed by atoms with E-state index in [1.54, 1.807) is 31.6 Å². The highest BCUT2D eigenvalue weighted by Gasteiger charge is 2.55. The summed E-state index contributed by atoms with van der Waals surface area (Å²) in [6.45, 7) is 0.677. The zero-order chi connectivity index (χ0) is 23.1. The highest BCUT2D eigenvalue weighted by atomic mass is 32.1. The second kappa shape index (κ2) is 10.7. The average Bonchev–Trinajstić information content (AvgIpc) is 3.37. The molecule has 0 spiro atoms. The maximum atomic E-state index is 12.4. The molecule has 1 N–H and O–H groups in total. The van der Waals surface area contributed by atoms with Crippen molar-refractivity contribution >= 4 is 17.2 Å². The Balaban J connectivity index is 1.40.